The Bertz CT molecular complexity index is 447. The Morgan fingerprint density at radius 1 is 1.24 bits per heavy atom. The Balaban J connectivity index is 2.31. The largest absolute Gasteiger partial charge is 0.399 e. The van der Waals surface area contributed by atoms with Gasteiger partial charge in [0.2, 0.25) is 0 Å². The Labute approximate surface area is 126 Å². The van der Waals surface area contributed by atoms with Crippen LogP contribution < -0.4 is 11.1 Å². The topological polar surface area (TPSA) is 84.4 Å². The Morgan fingerprint density at radius 2 is 1.95 bits per heavy atom. The Hall–Kier alpha value is -1.82. The van der Waals surface area contributed by atoms with E-state index < -0.39 is 4.92 Å². The molecule has 0 aromatic heterocycles. The van der Waals surface area contributed by atoms with Gasteiger partial charge in [0, 0.05) is 18.3 Å². The molecule has 1 aromatic carbocycles. The van der Waals surface area contributed by atoms with Crippen LogP contribution in [0.25, 0.3) is 0 Å². The molecule has 0 aliphatic carbocycles. The van der Waals surface area contributed by atoms with Gasteiger partial charge >= 0.3 is 0 Å². The normalized spacial score (nSPS) is 10.8. The number of nitrogens with one attached hydrogen (secondary N) is 1. The molecule has 0 atom stereocenters. The first-order valence-corrected chi connectivity index (χ1v) is 7.58. The second kappa shape index (κ2) is 9.18. The highest BCUT2D eigenvalue weighted by Crippen LogP contribution is 2.26. The molecule has 0 aliphatic rings. The molecule has 0 aliphatic heterocycles. The van der Waals surface area contributed by atoms with Crippen molar-refractivity contribution in [2.24, 2.45) is 0 Å². The van der Waals surface area contributed by atoms with Gasteiger partial charge in [-0.1, -0.05) is 20.3 Å². The molecule has 0 radical (unpaired) electrons. The van der Waals surface area contributed by atoms with E-state index >= 15 is 0 Å². The molecule has 0 heterocycles. The lowest BCUT2D eigenvalue weighted by molar-refractivity contribution is -0.383. The summed E-state index contributed by atoms with van der Waals surface area (Å²) in [6.45, 7) is 8.38. The van der Waals surface area contributed by atoms with E-state index in [1.165, 1.54) is 6.07 Å². The molecule has 1 aromatic rings. The molecule has 0 saturated heterocycles. The Morgan fingerprint density at radius 3 is 2.57 bits per heavy atom. The van der Waals surface area contributed by atoms with Crippen molar-refractivity contribution >= 4 is 17.1 Å². The smallest absolute Gasteiger partial charge is 0.294 e. The van der Waals surface area contributed by atoms with E-state index in [1.54, 1.807) is 12.1 Å². The Kier molecular flexibility index (Phi) is 7.53. The van der Waals surface area contributed by atoms with Crippen molar-refractivity contribution in [1.82, 2.24) is 4.90 Å². The van der Waals surface area contributed by atoms with Crippen LogP contribution in [0.4, 0.5) is 17.1 Å². The predicted molar refractivity (Wildman–Crippen MR) is 87.6 cm³/mol. The van der Waals surface area contributed by atoms with Crippen molar-refractivity contribution in [3.8, 4) is 0 Å². The molecule has 6 heteroatoms. The fourth-order valence-electron chi connectivity index (χ4n) is 2.25. The predicted octanol–water partition coefficient (Wildman–Crippen LogP) is 3.10. The summed E-state index contributed by atoms with van der Waals surface area (Å²) in [7, 11) is 0. The number of nitrogens with zero attached hydrogens (tertiary/aromatic N) is 2. The summed E-state index contributed by atoms with van der Waals surface area (Å²) in [5.74, 6) is 0. The number of nitrogen functional groups attached to an aromatic ring is 1. The second-order valence-corrected chi connectivity index (χ2v) is 5.05. The molecule has 0 saturated carbocycles. The van der Waals surface area contributed by atoms with Gasteiger partial charge < -0.3 is 16.0 Å². The molecule has 21 heavy (non-hydrogen) atoms. The number of unbranched alkanes of at least 4 members (excludes halogenated alkanes) is 2. The number of hydrogen-bond donors (Lipinski definition) is 2. The van der Waals surface area contributed by atoms with Gasteiger partial charge in [0.15, 0.2) is 0 Å². The maximum atomic E-state index is 11.0. The second-order valence-electron chi connectivity index (χ2n) is 5.05. The van der Waals surface area contributed by atoms with E-state index in [-0.39, 0.29) is 5.69 Å². The van der Waals surface area contributed by atoms with Crippen LogP contribution in [0.3, 0.4) is 0 Å². The van der Waals surface area contributed by atoms with Crippen LogP contribution in [0, 0.1) is 10.1 Å². The number of nitrogens with two attached hydrogens (primary N) is 1. The third-order valence-corrected chi connectivity index (χ3v) is 3.58. The summed E-state index contributed by atoms with van der Waals surface area (Å²) in [5, 5.41) is 14.1. The van der Waals surface area contributed by atoms with E-state index in [4.69, 9.17) is 5.73 Å². The van der Waals surface area contributed by atoms with Gasteiger partial charge in [0.05, 0.1) is 4.92 Å². The molecule has 0 fully saturated rings. The first kappa shape index (κ1) is 17.2. The average molecular weight is 294 g/mol. The van der Waals surface area contributed by atoms with E-state index in [0.29, 0.717) is 11.4 Å². The minimum atomic E-state index is -0.404. The van der Waals surface area contributed by atoms with Gasteiger partial charge in [-0.3, -0.25) is 10.1 Å². The molecule has 0 amide bonds. The average Bonchev–Trinajstić information content (AvgIpc) is 2.47. The van der Waals surface area contributed by atoms with Crippen LogP contribution in [0.15, 0.2) is 18.2 Å². The lowest BCUT2D eigenvalue weighted by Gasteiger charge is -2.17. The van der Waals surface area contributed by atoms with Gasteiger partial charge in [-0.2, -0.15) is 0 Å². The van der Waals surface area contributed by atoms with Crippen molar-refractivity contribution in [2.45, 2.75) is 33.1 Å². The molecule has 3 N–H and O–H groups in total. The van der Waals surface area contributed by atoms with Crippen molar-refractivity contribution < 1.29 is 4.92 Å². The SMILES string of the molecule is CCN(CC)CCCCCNc1ccc(N)cc1[N+](=O)[O-]. The quantitative estimate of drug-likeness (QED) is 0.300. The zero-order valence-electron chi connectivity index (χ0n) is 13.0. The molecular formula is C15H26N4O2. The fraction of sp³-hybridized carbons (Fsp3) is 0.600. The van der Waals surface area contributed by atoms with Crippen LogP contribution >= 0.6 is 0 Å². The van der Waals surface area contributed by atoms with Gasteiger partial charge in [0.25, 0.3) is 5.69 Å². The number of benzene rings is 1. The highest BCUT2D eigenvalue weighted by molar-refractivity contribution is 5.66. The van der Waals surface area contributed by atoms with Gasteiger partial charge in [0.1, 0.15) is 5.69 Å². The van der Waals surface area contributed by atoms with E-state index in [9.17, 15) is 10.1 Å². The standard InChI is InChI=1S/C15H26N4O2/c1-3-18(4-2)11-7-5-6-10-17-14-9-8-13(16)12-15(14)19(20)21/h8-9,12,17H,3-7,10-11,16H2,1-2H3. The van der Waals surface area contributed by atoms with Crippen LogP contribution in [0.5, 0.6) is 0 Å². The van der Waals surface area contributed by atoms with Crippen molar-refractivity contribution in [3.05, 3.63) is 28.3 Å². The third kappa shape index (κ3) is 5.99. The number of nitro groups is 1. The van der Waals surface area contributed by atoms with E-state index in [2.05, 4.69) is 24.1 Å². The minimum Gasteiger partial charge on any atom is -0.399 e. The van der Waals surface area contributed by atoms with Crippen LogP contribution in [0.1, 0.15) is 33.1 Å². The molecule has 6 nitrogen and oxygen atoms in total. The van der Waals surface area contributed by atoms with Crippen molar-refractivity contribution in [2.75, 3.05) is 37.2 Å². The number of hydrogen-bond acceptors (Lipinski definition) is 5. The van der Waals surface area contributed by atoms with Gasteiger partial charge in [-0.05, 0) is 44.6 Å². The van der Waals surface area contributed by atoms with E-state index in [0.717, 1.165) is 45.4 Å². The summed E-state index contributed by atoms with van der Waals surface area (Å²) >= 11 is 0. The highest BCUT2D eigenvalue weighted by atomic mass is 16.6. The van der Waals surface area contributed by atoms with Crippen molar-refractivity contribution in [1.29, 1.82) is 0 Å². The van der Waals surface area contributed by atoms with Crippen LogP contribution in [0.2, 0.25) is 0 Å². The monoisotopic (exact) mass is 294 g/mol. The molecule has 0 spiro atoms. The molecule has 0 bridgehead atoms. The molecule has 118 valence electrons. The summed E-state index contributed by atoms with van der Waals surface area (Å²) in [6.07, 6.45) is 3.28. The summed E-state index contributed by atoms with van der Waals surface area (Å²) < 4.78 is 0. The first-order chi connectivity index (χ1) is 10.1. The number of nitro benzene ring substituents is 1. The summed E-state index contributed by atoms with van der Waals surface area (Å²) in [6, 6.07) is 4.74. The molecule has 0 unspecified atom stereocenters. The number of anilines is 2. The highest BCUT2D eigenvalue weighted by Gasteiger charge is 2.13. The zero-order chi connectivity index (χ0) is 15.7. The maximum absolute atomic E-state index is 11.0. The molecular weight excluding hydrogens is 268 g/mol. The van der Waals surface area contributed by atoms with Gasteiger partial charge in [-0.15, -0.1) is 0 Å². The van der Waals surface area contributed by atoms with Gasteiger partial charge in [-0.25, -0.2) is 0 Å². The van der Waals surface area contributed by atoms with E-state index in [1.807, 2.05) is 0 Å². The summed E-state index contributed by atoms with van der Waals surface area (Å²) in [5.41, 5.74) is 6.57. The first-order valence-electron chi connectivity index (χ1n) is 7.58. The fourth-order valence-corrected chi connectivity index (χ4v) is 2.25. The number of rotatable bonds is 10. The molecule has 1 rings (SSSR count). The maximum Gasteiger partial charge on any atom is 0.294 e. The van der Waals surface area contributed by atoms with Crippen LogP contribution in [-0.4, -0.2) is 36.0 Å². The summed E-state index contributed by atoms with van der Waals surface area (Å²) in [4.78, 5) is 13.0. The lowest BCUT2D eigenvalue weighted by atomic mass is 10.2. The minimum absolute atomic E-state index is 0.0399. The van der Waals surface area contributed by atoms with Crippen LogP contribution in [-0.2, 0) is 0 Å². The van der Waals surface area contributed by atoms with Crippen molar-refractivity contribution in [3.63, 3.8) is 0 Å². The third-order valence-electron chi connectivity index (χ3n) is 3.58. The lowest BCUT2D eigenvalue weighted by Crippen LogP contribution is -2.23. The zero-order valence-corrected chi connectivity index (χ0v) is 13.0.